The van der Waals surface area contributed by atoms with Gasteiger partial charge in [-0.25, -0.2) is 29.9 Å². The van der Waals surface area contributed by atoms with Crippen molar-refractivity contribution < 1.29 is 0 Å². The number of para-hydroxylation sites is 2. The number of aromatic nitrogens is 8. The minimum atomic E-state index is 0.647. The molecule has 0 fully saturated rings. The minimum Gasteiger partial charge on any atom is -0.309 e. The molecule has 0 saturated heterocycles. The standard InChI is InChI=1S/2C47H30N4/c1-3-14-32(15-4-1)45-48-46(33-16-5-2-6-17-33)50-47(49-45)37-20-11-19-34(30-37)35-25-27-39-36(29-35)26-28-43-44(39)40-22-9-10-23-42(40)51(43)41-24-12-18-31-13-7-8-21-38(31)41;1-3-13-33(14-4-1)45-48-46(34-15-5-2-6-16-34)50-47(49-45)35-24-22-31(23-25-35)36-26-28-39-37(30-36)27-29-43-44(39)40-19-9-10-20-42(40)51(43)41-21-11-17-32-12-7-8-18-38(32)41/h2*1-30H. The Bertz CT molecular complexity index is 6480. The Morgan fingerprint density at radius 2 is 0.451 bits per heavy atom. The van der Waals surface area contributed by atoms with E-state index in [1.54, 1.807) is 0 Å². The van der Waals surface area contributed by atoms with E-state index in [0.29, 0.717) is 34.9 Å². The molecule has 102 heavy (non-hydrogen) atoms. The van der Waals surface area contributed by atoms with Crippen molar-refractivity contribution in [3.63, 3.8) is 0 Å². The van der Waals surface area contributed by atoms with Crippen molar-refractivity contribution in [1.29, 1.82) is 0 Å². The largest absolute Gasteiger partial charge is 0.309 e. The smallest absolute Gasteiger partial charge is 0.164 e. The van der Waals surface area contributed by atoms with Crippen LogP contribution in [-0.2, 0) is 0 Å². The van der Waals surface area contributed by atoms with Gasteiger partial charge in [-0.05, 0) is 109 Å². The van der Waals surface area contributed by atoms with Crippen LogP contribution in [0.5, 0.6) is 0 Å². The number of benzene rings is 16. The molecule has 0 aliphatic carbocycles. The van der Waals surface area contributed by atoms with Crippen LogP contribution in [0.2, 0.25) is 0 Å². The average molecular weight is 1300 g/mol. The fourth-order valence-corrected chi connectivity index (χ4v) is 14.8. The predicted molar refractivity (Wildman–Crippen MR) is 422 cm³/mol. The number of rotatable bonds is 10. The zero-order valence-electron chi connectivity index (χ0n) is 55.2. The van der Waals surface area contributed by atoms with Gasteiger partial charge in [-0.15, -0.1) is 0 Å². The SMILES string of the molecule is c1ccc(-c2nc(-c3ccccc3)nc(-c3ccc(-c4ccc5c(ccc6c5c5ccccc5n6-c5cccc6ccccc56)c4)cc3)n2)cc1.c1ccc(-c2nc(-c3ccccc3)nc(-c3cccc(-c4ccc5c(ccc6c5c5ccccc5n6-c5cccc6ccccc56)c4)c3)n2)cc1. The Balaban J connectivity index is 0.000000141. The van der Waals surface area contributed by atoms with E-state index >= 15 is 0 Å². The Morgan fingerprint density at radius 1 is 0.157 bits per heavy atom. The molecule has 16 aromatic carbocycles. The van der Waals surface area contributed by atoms with Crippen molar-refractivity contribution in [2.75, 3.05) is 0 Å². The highest BCUT2D eigenvalue weighted by Crippen LogP contribution is 2.43. The molecular weight excluding hydrogens is 1240 g/mol. The lowest BCUT2D eigenvalue weighted by Gasteiger charge is -2.12. The molecule has 0 N–H and O–H groups in total. The molecule has 20 aromatic rings. The highest BCUT2D eigenvalue weighted by atomic mass is 15.0. The van der Waals surface area contributed by atoms with Crippen LogP contribution in [-0.4, -0.2) is 39.0 Å². The van der Waals surface area contributed by atoms with Gasteiger partial charge in [0.05, 0.1) is 33.4 Å². The Labute approximate surface area is 588 Å². The third-order valence-electron chi connectivity index (χ3n) is 19.7. The van der Waals surface area contributed by atoms with Crippen LogP contribution < -0.4 is 0 Å². The van der Waals surface area contributed by atoms with Crippen LogP contribution in [0.25, 0.3) is 189 Å². The molecule has 8 heteroatoms. The molecule has 0 amide bonds. The number of fused-ring (bicyclic) bond motifs is 12. The van der Waals surface area contributed by atoms with Crippen molar-refractivity contribution in [2.24, 2.45) is 0 Å². The van der Waals surface area contributed by atoms with E-state index in [4.69, 9.17) is 29.9 Å². The lowest BCUT2D eigenvalue weighted by atomic mass is 9.97. The first-order valence-electron chi connectivity index (χ1n) is 34.4. The second-order valence-corrected chi connectivity index (χ2v) is 25.7. The van der Waals surface area contributed by atoms with Gasteiger partial charge in [-0.1, -0.05) is 309 Å². The number of hydrogen-bond acceptors (Lipinski definition) is 6. The summed E-state index contributed by atoms with van der Waals surface area (Å²) >= 11 is 0. The molecule has 0 saturated carbocycles. The normalized spacial score (nSPS) is 11.5. The van der Waals surface area contributed by atoms with Crippen molar-refractivity contribution in [2.45, 2.75) is 0 Å². The average Bonchev–Trinajstić information content (AvgIpc) is 1.57. The molecule has 0 aliphatic rings. The van der Waals surface area contributed by atoms with E-state index in [1.165, 1.54) is 98.1 Å². The Hall–Kier alpha value is -13.8. The van der Waals surface area contributed by atoms with E-state index in [-0.39, 0.29) is 0 Å². The van der Waals surface area contributed by atoms with Gasteiger partial charge in [-0.3, -0.25) is 0 Å². The van der Waals surface area contributed by atoms with E-state index < -0.39 is 0 Å². The van der Waals surface area contributed by atoms with Crippen LogP contribution in [0.4, 0.5) is 0 Å². The molecule has 476 valence electrons. The van der Waals surface area contributed by atoms with E-state index in [1.807, 2.05) is 121 Å². The minimum absolute atomic E-state index is 0.647. The van der Waals surface area contributed by atoms with Crippen LogP contribution >= 0.6 is 0 Å². The van der Waals surface area contributed by atoms with Crippen LogP contribution in [0.3, 0.4) is 0 Å². The summed E-state index contributed by atoms with van der Waals surface area (Å²) in [6, 6.07) is 128. The summed E-state index contributed by atoms with van der Waals surface area (Å²) in [5, 5.41) is 14.9. The molecule has 4 heterocycles. The molecule has 0 atom stereocenters. The monoisotopic (exact) mass is 1300 g/mol. The second-order valence-electron chi connectivity index (χ2n) is 25.7. The Kier molecular flexibility index (Phi) is 14.7. The third-order valence-corrected chi connectivity index (χ3v) is 19.7. The van der Waals surface area contributed by atoms with Crippen LogP contribution in [0, 0.1) is 0 Å². The molecular formula is C94H60N8. The first-order chi connectivity index (χ1) is 50.6. The molecule has 20 rings (SSSR count). The van der Waals surface area contributed by atoms with E-state index in [0.717, 1.165) is 55.6 Å². The number of hydrogen-bond donors (Lipinski definition) is 0. The lowest BCUT2D eigenvalue weighted by molar-refractivity contribution is 1.07. The summed E-state index contributed by atoms with van der Waals surface area (Å²) in [7, 11) is 0. The second kappa shape index (κ2) is 25.2. The third kappa shape index (κ3) is 10.7. The molecule has 8 nitrogen and oxygen atoms in total. The molecule has 0 spiro atoms. The van der Waals surface area contributed by atoms with Gasteiger partial charge in [0.25, 0.3) is 0 Å². The van der Waals surface area contributed by atoms with E-state index in [2.05, 4.69) is 252 Å². The van der Waals surface area contributed by atoms with E-state index in [9.17, 15) is 0 Å². The quantitative estimate of drug-likeness (QED) is 0.136. The lowest BCUT2D eigenvalue weighted by Crippen LogP contribution is -2.00. The maximum absolute atomic E-state index is 4.97. The first-order valence-corrected chi connectivity index (χ1v) is 34.4. The van der Waals surface area contributed by atoms with Gasteiger partial charge in [0.15, 0.2) is 34.9 Å². The summed E-state index contributed by atoms with van der Waals surface area (Å²) < 4.78 is 4.85. The molecule has 0 unspecified atom stereocenters. The molecule has 0 bridgehead atoms. The van der Waals surface area contributed by atoms with Gasteiger partial charge in [0.1, 0.15) is 0 Å². The van der Waals surface area contributed by atoms with Gasteiger partial charge >= 0.3 is 0 Å². The zero-order chi connectivity index (χ0) is 67.5. The zero-order valence-corrected chi connectivity index (χ0v) is 55.2. The summed E-state index contributed by atoms with van der Waals surface area (Å²) in [6.07, 6.45) is 0. The highest BCUT2D eigenvalue weighted by Gasteiger charge is 2.21. The first kappa shape index (κ1) is 59.4. The summed E-state index contributed by atoms with van der Waals surface area (Å²) in [6.45, 7) is 0. The highest BCUT2D eigenvalue weighted by molar-refractivity contribution is 6.23. The molecule has 0 aliphatic heterocycles. The summed E-state index contributed by atoms with van der Waals surface area (Å²) in [4.78, 5) is 29.5. The van der Waals surface area contributed by atoms with Crippen molar-refractivity contribution in [3.8, 4) is 102 Å². The fraction of sp³-hybridized carbons (Fsp3) is 0. The topological polar surface area (TPSA) is 87.2 Å². The van der Waals surface area contributed by atoms with Crippen molar-refractivity contribution >= 4 is 86.7 Å². The number of nitrogens with zero attached hydrogens (tertiary/aromatic N) is 8. The maximum Gasteiger partial charge on any atom is 0.164 e. The van der Waals surface area contributed by atoms with Gasteiger partial charge in [-0.2, -0.15) is 0 Å². The van der Waals surface area contributed by atoms with Crippen LogP contribution in [0.1, 0.15) is 0 Å². The van der Waals surface area contributed by atoms with Crippen molar-refractivity contribution in [1.82, 2.24) is 39.0 Å². The molecule has 0 radical (unpaired) electrons. The fourth-order valence-electron chi connectivity index (χ4n) is 14.8. The van der Waals surface area contributed by atoms with Gasteiger partial charge in [0.2, 0.25) is 0 Å². The maximum atomic E-state index is 4.97. The van der Waals surface area contributed by atoms with Crippen LogP contribution in [0.15, 0.2) is 364 Å². The van der Waals surface area contributed by atoms with Gasteiger partial charge < -0.3 is 9.13 Å². The summed E-state index contributed by atoms with van der Waals surface area (Å²) in [5.41, 5.74) is 17.5. The Morgan fingerprint density at radius 3 is 0.882 bits per heavy atom. The predicted octanol–water partition coefficient (Wildman–Crippen LogP) is 23.9. The van der Waals surface area contributed by atoms with Gasteiger partial charge in [0, 0.05) is 65.7 Å². The summed E-state index contributed by atoms with van der Waals surface area (Å²) in [5.74, 6) is 3.92. The molecule has 4 aromatic heterocycles. The van der Waals surface area contributed by atoms with Crippen molar-refractivity contribution in [3.05, 3.63) is 364 Å².